The number of halogens is 1. The van der Waals surface area contributed by atoms with E-state index in [9.17, 15) is 4.79 Å². The Balaban J connectivity index is 1.71. The summed E-state index contributed by atoms with van der Waals surface area (Å²) in [5.74, 6) is -0.220. The quantitative estimate of drug-likeness (QED) is 0.652. The molecule has 26 heavy (non-hydrogen) atoms. The van der Waals surface area contributed by atoms with Crippen LogP contribution in [0.15, 0.2) is 60.9 Å². The molecule has 0 radical (unpaired) electrons. The molecule has 0 fully saturated rings. The number of nitrogens with one attached hydrogen (secondary N) is 2. The summed E-state index contributed by atoms with van der Waals surface area (Å²) in [6, 6.07) is 15.4. The summed E-state index contributed by atoms with van der Waals surface area (Å²) in [7, 11) is 0. The predicted molar refractivity (Wildman–Crippen MR) is 107 cm³/mol. The number of pyridine rings is 1. The molecule has 2 aromatic carbocycles. The maximum atomic E-state index is 12.5. The van der Waals surface area contributed by atoms with Gasteiger partial charge in [-0.3, -0.25) is 9.78 Å². The van der Waals surface area contributed by atoms with Gasteiger partial charge in [-0.25, -0.2) is 0 Å². The smallest absolute Gasteiger partial charge is 0.257 e. The van der Waals surface area contributed by atoms with Crippen molar-refractivity contribution >= 4 is 28.9 Å². The highest BCUT2D eigenvalue weighted by molar-refractivity contribution is 6.31. The van der Waals surface area contributed by atoms with Crippen LogP contribution >= 0.6 is 11.6 Å². The topological polar surface area (TPSA) is 54.0 Å². The highest BCUT2D eigenvalue weighted by Crippen LogP contribution is 2.23. The number of aromatic nitrogens is 1. The summed E-state index contributed by atoms with van der Waals surface area (Å²) in [4.78, 5) is 16.7. The normalized spacial score (nSPS) is 10.4. The average Bonchev–Trinajstić information content (AvgIpc) is 2.65. The standard InChI is InChI=1S/C21H20ClN3O/c1-14-6-3-4-7-16(14)12-24-18-10-17(11-23-13-18)21(26)25-20-9-5-8-19(22)15(20)2/h3-11,13,24H,12H2,1-2H3,(H,25,26). The summed E-state index contributed by atoms with van der Waals surface area (Å²) < 4.78 is 0. The molecule has 0 saturated heterocycles. The first-order valence-corrected chi connectivity index (χ1v) is 8.72. The number of hydrogen-bond acceptors (Lipinski definition) is 3. The third-order valence-corrected chi connectivity index (χ3v) is 4.67. The van der Waals surface area contributed by atoms with E-state index in [2.05, 4.69) is 34.7 Å². The minimum atomic E-state index is -0.220. The summed E-state index contributed by atoms with van der Waals surface area (Å²) in [6.45, 7) is 4.62. The van der Waals surface area contributed by atoms with E-state index in [1.165, 1.54) is 11.1 Å². The number of rotatable bonds is 5. The fourth-order valence-electron chi connectivity index (χ4n) is 2.60. The van der Waals surface area contributed by atoms with Crippen LogP contribution in [-0.4, -0.2) is 10.9 Å². The fourth-order valence-corrected chi connectivity index (χ4v) is 2.78. The largest absolute Gasteiger partial charge is 0.380 e. The van der Waals surface area contributed by atoms with Gasteiger partial charge in [-0.2, -0.15) is 0 Å². The Kier molecular flexibility index (Phi) is 5.54. The molecule has 3 aromatic rings. The monoisotopic (exact) mass is 365 g/mol. The predicted octanol–water partition coefficient (Wildman–Crippen LogP) is 5.22. The van der Waals surface area contributed by atoms with Crippen LogP contribution in [0.4, 0.5) is 11.4 Å². The van der Waals surface area contributed by atoms with Crippen molar-refractivity contribution in [2.75, 3.05) is 10.6 Å². The van der Waals surface area contributed by atoms with Crippen LogP contribution in [0.1, 0.15) is 27.0 Å². The second-order valence-electron chi connectivity index (χ2n) is 6.11. The van der Waals surface area contributed by atoms with Gasteiger partial charge in [0.1, 0.15) is 0 Å². The molecule has 132 valence electrons. The van der Waals surface area contributed by atoms with Crippen molar-refractivity contribution in [1.29, 1.82) is 0 Å². The number of aryl methyl sites for hydroxylation is 1. The number of carbonyl (C=O) groups is 1. The molecular weight excluding hydrogens is 346 g/mol. The number of nitrogens with zero attached hydrogens (tertiary/aromatic N) is 1. The van der Waals surface area contributed by atoms with Crippen LogP contribution in [0, 0.1) is 13.8 Å². The minimum absolute atomic E-state index is 0.220. The average molecular weight is 366 g/mol. The van der Waals surface area contributed by atoms with Gasteiger partial charge in [-0.1, -0.05) is 41.9 Å². The van der Waals surface area contributed by atoms with E-state index < -0.39 is 0 Å². The van der Waals surface area contributed by atoms with Crippen LogP contribution in [-0.2, 0) is 6.54 Å². The van der Waals surface area contributed by atoms with E-state index in [1.54, 1.807) is 24.5 Å². The summed E-state index contributed by atoms with van der Waals surface area (Å²) in [5.41, 5.74) is 5.24. The summed E-state index contributed by atoms with van der Waals surface area (Å²) >= 11 is 6.11. The van der Waals surface area contributed by atoms with E-state index in [0.29, 0.717) is 22.8 Å². The molecule has 0 aliphatic heterocycles. The van der Waals surface area contributed by atoms with Crippen molar-refractivity contribution in [3.63, 3.8) is 0 Å². The highest BCUT2D eigenvalue weighted by atomic mass is 35.5. The Morgan fingerprint density at radius 3 is 2.69 bits per heavy atom. The molecule has 2 N–H and O–H groups in total. The molecule has 0 atom stereocenters. The molecule has 4 nitrogen and oxygen atoms in total. The van der Waals surface area contributed by atoms with E-state index in [4.69, 9.17) is 11.6 Å². The van der Waals surface area contributed by atoms with Crippen molar-refractivity contribution in [3.05, 3.63) is 88.2 Å². The SMILES string of the molecule is Cc1ccccc1CNc1cncc(C(=O)Nc2cccc(Cl)c2C)c1. The first-order valence-electron chi connectivity index (χ1n) is 8.34. The lowest BCUT2D eigenvalue weighted by atomic mass is 10.1. The van der Waals surface area contributed by atoms with E-state index >= 15 is 0 Å². The third kappa shape index (κ3) is 4.21. The molecule has 0 bridgehead atoms. The molecule has 1 aromatic heterocycles. The number of anilines is 2. The third-order valence-electron chi connectivity index (χ3n) is 4.26. The molecule has 0 saturated carbocycles. The zero-order valence-corrected chi connectivity index (χ0v) is 15.5. The fraction of sp³-hybridized carbons (Fsp3) is 0.143. The first-order chi connectivity index (χ1) is 12.5. The highest BCUT2D eigenvalue weighted by Gasteiger charge is 2.10. The van der Waals surface area contributed by atoms with Crippen LogP contribution in [0.5, 0.6) is 0 Å². The molecule has 1 heterocycles. The summed E-state index contributed by atoms with van der Waals surface area (Å²) in [6.07, 6.45) is 3.26. The zero-order chi connectivity index (χ0) is 18.5. The second-order valence-corrected chi connectivity index (χ2v) is 6.52. The van der Waals surface area contributed by atoms with Gasteiger partial charge in [-0.05, 0) is 48.7 Å². The molecule has 1 amide bonds. The van der Waals surface area contributed by atoms with Crippen molar-refractivity contribution in [2.24, 2.45) is 0 Å². The number of amides is 1. The Morgan fingerprint density at radius 1 is 1.08 bits per heavy atom. The zero-order valence-electron chi connectivity index (χ0n) is 14.7. The van der Waals surface area contributed by atoms with E-state index in [-0.39, 0.29) is 5.91 Å². The van der Waals surface area contributed by atoms with Crippen LogP contribution in [0.3, 0.4) is 0 Å². The number of benzene rings is 2. The van der Waals surface area contributed by atoms with Crippen LogP contribution in [0.2, 0.25) is 5.02 Å². The Labute approximate surface area is 158 Å². The maximum absolute atomic E-state index is 12.5. The second kappa shape index (κ2) is 8.02. The van der Waals surface area contributed by atoms with Crippen molar-refractivity contribution in [1.82, 2.24) is 4.98 Å². The number of hydrogen-bond donors (Lipinski definition) is 2. The van der Waals surface area contributed by atoms with Crippen molar-refractivity contribution in [3.8, 4) is 0 Å². The first kappa shape index (κ1) is 18.0. The van der Waals surface area contributed by atoms with Crippen molar-refractivity contribution < 1.29 is 4.79 Å². The van der Waals surface area contributed by atoms with Gasteiger partial charge in [0.25, 0.3) is 5.91 Å². The minimum Gasteiger partial charge on any atom is -0.380 e. The Bertz CT molecular complexity index is 940. The van der Waals surface area contributed by atoms with Gasteiger partial charge < -0.3 is 10.6 Å². The Morgan fingerprint density at radius 2 is 1.88 bits per heavy atom. The van der Waals surface area contributed by atoms with E-state index in [1.807, 2.05) is 31.2 Å². The van der Waals surface area contributed by atoms with Gasteiger partial charge in [-0.15, -0.1) is 0 Å². The van der Waals surface area contributed by atoms with Crippen LogP contribution < -0.4 is 10.6 Å². The lowest BCUT2D eigenvalue weighted by molar-refractivity contribution is 0.102. The van der Waals surface area contributed by atoms with Gasteiger partial charge in [0.05, 0.1) is 11.3 Å². The number of carbonyl (C=O) groups excluding carboxylic acids is 1. The van der Waals surface area contributed by atoms with Gasteiger partial charge in [0.2, 0.25) is 0 Å². The molecule has 5 heteroatoms. The Hall–Kier alpha value is -2.85. The molecule has 0 aliphatic rings. The lowest BCUT2D eigenvalue weighted by Gasteiger charge is -2.11. The molecule has 0 spiro atoms. The molecule has 3 rings (SSSR count). The van der Waals surface area contributed by atoms with Gasteiger partial charge >= 0.3 is 0 Å². The van der Waals surface area contributed by atoms with Crippen molar-refractivity contribution in [2.45, 2.75) is 20.4 Å². The van der Waals surface area contributed by atoms with E-state index in [0.717, 1.165) is 11.3 Å². The molecule has 0 aliphatic carbocycles. The molecular formula is C21H20ClN3O. The van der Waals surface area contributed by atoms with Gasteiger partial charge in [0.15, 0.2) is 0 Å². The maximum Gasteiger partial charge on any atom is 0.257 e. The lowest BCUT2D eigenvalue weighted by Crippen LogP contribution is -2.13. The summed E-state index contributed by atoms with van der Waals surface area (Å²) in [5, 5.41) is 6.82. The molecule has 0 unspecified atom stereocenters. The van der Waals surface area contributed by atoms with Gasteiger partial charge in [0, 0.05) is 29.6 Å². The van der Waals surface area contributed by atoms with Crippen LogP contribution in [0.25, 0.3) is 0 Å².